The second-order valence-electron chi connectivity index (χ2n) is 20.1. The lowest BCUT2D eigenvalue weighted by Gasteiger charge is -2.28. The van der Waals surface area contributed by atoms with Crippen LogP contribution in [0.1, 0.15) is 112 Å². The Morgan fingerprint density at radius 2 is 0.827 bits per heavy atom. The van der Waals surface area contributed by atoms with E-state index in [0.717, 1.165) is 0 Å². The number of aliphatic imine (C=N–C) groups is 2. The molecule has 0 rings (SSSR count). The van der Waals surface area contributed by atoms with Gasteiger partial charge in [0.05, 0.1) is 25.4 Å². The Morgan fingerprint density at radius 3 is 1.26 bits per heavy atom. The molecule has 0 unspecified atom stereocenters. The highest BCUT2D eigenvalue weighted by Crippen LogP contribution is 2.12. The second kappa shape index (κ2) is 39.0. The maximum Gasteiger partial charge on any atom is 0.328 e. The smallest absolute Gasteiger partial charge is 0.328 e. The molecular weight excluding hydrogens is 1070 g/mol. The van der Waals surface area contributed by atoms with Crippen molar-refractivity contribution in [1.82, 2.24) is 47.9 Å². The van der Waals surface area contributed by atoms with E-state index >= 15 is 0 Å². The van der Waals surface area contributed by atoms with Crippen molar-refractivity contribution in [2.45, 2.75) is 179 Å². The highest BCUT2D eigenvalue weighted by atomic mass is 16.4. The molecule has 81 heavy (non-hydrogen) atoms. The fourth-order valence-corrected chi connectivity index (χ4v) is 7.47. The molecule has 0 aliphatic heterocycles. The second-order valence-corrected chi connectivity index (χ2v) is 20.1. The van der Waals surface area contributed by atoms with Crippen LogP contribution in [-0.4, -0.2) is 202 Å². The fourth-order valence-electron chi connectivity index (χ4n) is 7.47. The zero-order valence-electron chi connectivity index (χ0n) is 46.9. The summed E-state index contributed by atoms with van der Waals surface area (Å²) in [5, 5.41) is 70.0. The van der Waals surface area contributed by atoms with Gasteiger partial charge >= 0.3 is 11.9 Å². The Morgan fingerprint density at radius 1 is 0.444 bits per heavy atom. The highest BCUT2D eigenvalue weighted by Gasteiger charge is 2.36. The van der Waals surface area contributed by atoms with E-state index in [-0.39, 0.29) is 88.3 Å². The van der Waals surface area contributed by atoms with Gasteiger partial charge in [-0.3, -0.25) is 57.9 Å². The summed E-state index contributed by atoms with van der Waals surface area (Å²) in [6.07, 6.45) is -1.87. The summed E-state index contributed by atoms with van der Waals surface area (Å²) in [7, 11) is 0. The summed E-state index contributed by atoms with van der Waals surface area (Å²) in [6.45, 7) is 7.62. The minimum absolute atomic E-state index is 0.00715. The lowest BCUT2D eigenvalue weighted by atomic mass is 10.0. The van der Waals surface area contributed by atoms with E-state index in [1.807, 2.05) is 5.32 Å². The van der Waals surface area contributed by atoms with Crippen molar-refractivity contribution in [3.63, 3.8) is 0 Å². The molecule has 0 bridgehead atoms. The summed E-state index contributed by atoms with van der Waals surface area (Å²) in [5.41, 5.74) is 33.3. The van der Waals surface area contributed by atoms with Gasteiger partial charge in [-0.25, -0.2) is 4.79 Å². The SMILES string of the molecule is CC(C)C[C@H](NC(=O)[C@H](CCCN=C(N)N)NC(=O)[C@@H](NC(=O)[C@@H](N)CCCN=C(N)N)[C@@H](C)O)C(=O)N[C@@H](C)C(=O)N[C@@H](CCCCN)C(=O)N[C@@H](CCC(=O)O)C(=O)N[C@@H](CC(C)C)C(=O)N[C@@H](CO)C(=O)N[C@@H](CO)C(=O)O. The van der Waals surface area contributed by atoms with Gasteiger partial charge in [0.2, 0.25) is 53.2 Å². The molecule has 0 saturated heterocycles. The maximum absolute atomic E-state index is 14.0. The van der Waals surface area contributed by atoms with Crippen molar-refractivity contribution in [3.05, 3.63) is 0 Å². The molecule has 0 radical (unpaired) electrons. The fraction of sp³-hybridized carbons (Fsp3) is 0.729. The van der Waals surface area contributed by atoms with Gasteiger partial charge in [-0.1, -0.05) is 27.7 Å². The number of rotatable bonds is 41. The Bertz CT molecular complexity index is 2140. The van der Waals surface area contributed by atoms with Crippen LogP contribution in [0.5, 0.6) is 0 Å². The lowest BCUT2D eigenvalue weighted by molar-refractivity contribution is -0.143. The number of nitrogens with two attached hydrogens (primary N) is 6. The molecular formula is C48H89N17O16. The normalized spacial score (nSPS) is 15.2. The van der Waals surface area contributed by atoms with Gasteiger partial charge in [0.1, 0.15) is 54.4 Å². The summed E-state index contributed by atoms with van der Waals surface area (Å²) in [4.78, 5) is 153. The van der Waals surface area contributed by atoms with E-state index in [1.54, 1.807) is 27.7 Å². The number of hydrogen-bond donors (Lipinski definition) is 20. The molecule has 0 aliphatic carbocycles. The first-order valence-electron chi connectivity index (χ1n) is 26.5. The molecule has 0 spiro atoms. The monoisotopic (exact) mass is 1160 g/mol. The van der Waals surface area contributed by atoms with Crippen molar-refractivity contribution < 1.29 is 78.3 Å². The summed E-state index contributed by atoms with van der Waals surface area (Å²) >= 11 is 0. The topological polar surface area (TPSA) is 578 Å². The van der Waals surface area contributed by atoms with Crippen LogP contribution in [0.3, 0.4) is 0 Å². The number of guanidine groups is 2. The summed E-state index contributed by atoms with van der Waals surface area (Å²) in [6, 6.07) is -15.0. The molecule has 462 valence electrons. The molecule has 0 fully saturated rings. The maximum atomic E-state index is 14.0. The Kier molecular flexibility index (Phi) is 35.4. The average Bonchev–Trinajstić information content (AvgIpc) is 3.37. The first-order chi connectivity index (χ1) is 37.9. The van der Waals surface area contributed by atoms with E-state index in [9.17, 15) is 78.3 Å². The minimum atomic E-state index is -1.78. The molecule has 33 heteroatoms. The first-order valence-corrected chi connectivity index (χ1v) is 26.5. The quantitative estimate of drug-likeness (QED) is 0.0154. The molecule has 0 saturated carbocycles. The standard InChI is InChI=1S/C48H89N17O16/c1-23(2)19-31(61-40(74)29(13-10-18-56-48(53)54)60-45(79)36(26(6)68)65-38(72)27(50)11-9-17-55-47(51)52)42(76)57-25(5)37(71)58-28(12-7-8-16-49)39(73)59-30(14-15-35(69)70)41(75)62-32(20-24(3)4)43(77)63-33(21-66)44(78)64-34(22-67)46(80)81/h23-34,36,66-68H,7-22,49-50H2,1-6H3,(H,57,76)(H,58,71)(H,59,73)(H,60,79)(H,61,74)(H,62,75)(H,63,77)(H,64,78)(H,65,72)(H,69,70)(H,80,81)(H4,51,52,55)(H4,53,54,56)/t25-,26+,27-,28-,29-,30-,31-,32-,33-,34-,36-/m0/s1. The number of hydrogen-bond acceptors (Lipinski definition) is 18. The molecule has 9 amide bonds. The van der Waals surface area contributed by atoms with Crippen LogP contribution in [0, 0.1) is 11.8 Å². The number of nitrogens with zero attached hydrogens (tertiary/aromatic N) is 2. The number of amides is 9. The van der Waals surface area contributed by atoms with Crippen LogP contribution in [0.4, 0.5) is 0 Å². The van der Waals surface area contributed by atoms with Crippen LogP contribution in [0.25, 0.3) is 0 Å². The van der Waals surface area contributed by atoms with E-state index in [2.05, 4.69) is 52.5 Å². The van der Waals surface area contributed by atoms with Crippen LogP contribution in [-0.2, 0) is 52.7 Å². The van der Waals surface area contributed by atoms with E-state index in [1.165, 1.54) is 13.8 Å². The zero-order valence-corrected chi connectivity index (χ0v) is 46.9. The third kappa shape index (κ3) is 30.6. The van der Waals surface area contributed by atoms with Gasteiger partial charge in [0, 0.05) is 19.5 Å². The highest BCUT2D eigenvalue weighted by molar-refractivity contribution is 5.98. The minimum Gasteiger partial charge on any atom is -0.481 e. The number of carboxylic acids is 2. The van der Waals surface area contributed by atoms with Crippen molar-refractivity contribution in [3.8, 4) is 0 Å². The number of carboxylic acid groups (broad SMARTS) is 2. The van der Waals surface area contributed by atoms with E-state index in [4.69, 9.17) is 34.4 Å². The van der Waals surface area contributed by atoms with Gasteiger partial charge in [-0.15, -0.1) is 0 Å². The van der Waals surface area contributed by atoms with Gasteiger partial charge in [0.25, 0.3) is 0 Å². The van der Waals surface area contributed by atoms with Gasteiger partial charge < -0.3 is 108 Å². The lowest BCUT2D eigenvalue weighted by Crippen LogP contribution is -2.61. The number of aliphatic hydroxyl groups is 3. The van der Waals surface area contributed by atoms with Gasteiger partial charge in [-0.05, 0) is 96.4 Å². The van der Waals surface area contributed by atoms with E-state index in [0.29, 0.717) is 12.8 Å². The molecule has 0 aromatic heterocycles. The Balaban J connectivity index is 6.60. The van der Waals surface area contributed by atoms with Crippen molar-refractivity contribution >= 4 is 77.0 Å². The molecule has 0 aromatic carbocycles. The first kappa shape index (κ1) is 73.5. The molecule has 33 nitrogen and oxygen atoms in total. The molecule has 26 N–H and O–H groups in total. The molecule has 0 heterocycles. The Hall–Kier alpha value is -7.49. The zero-order chi connectivity index (χ0) is 62.1. The number of carbonyl (C=O) groups excluding carboxylic acids is 9. The number of carbonyl (C=O) groups is 11. The summed E-state index contributed by atoms with van der Waals surface area (Å²) < 4.78 is 0. The van der Waals surface area contributed by atoms with Gasteiger partial charge in [0.15, 0.2) is 11.9 Å². The van der Waals surface area contributed by atoms with Crippen molar-refractivity contribution in [2.75, 3.05) is 32.8 Å². The van der Waals surface area contributed by atoms with Crippen LogP contribution in [0.2, 0.25) is 0 Å². The predicted octanol–water partition coefficient (Wildman–Crippen LogP) is -7.66. The third-order valence-electron chi connectivity index (χ3n) is 11.8. The van der Waals surface area contributed by atoms with Crippen molar-refractivity contribution in [2.24, 2.45) is 56.2 Å². The molecule has 11 atom stereocenters. The number of unbranched alkanes of at least 4 members (excludes halogenated alkanes) is 1. The number of nitrogens with one attached hydrogen (secondary N) is 9. The number of aliphatic carboxylic acids is 2. The van der Waals surface area contributed by atoms with Gasteiger partial charge in [-0.2, -0.15) is 0 Å². The van der Waals surface area contributed by atoms with Crippen molar-refractivity contribution in [1.29, 1.82) is 0 Å². The molecule has 0 aliphatic rings. The largest absolute Gasteiger partial charge is 0.481 e. The Labute approximate surface area is 469 Å². The van der Waals surface area contributed by atoms with E-state index < -0.39 is 158 Å². The predicted molar refractivity (Wildman–Crippen MR) is 293 cm³/mol. The molecule has 0 aromatic rings. The van der Waals surface area contributed by atoms with Crippen LogP contribution in [0.15, 0.2) is 9.98 Å². The summed E-state index contributed by atoms with van der Waals surface area (Å²) in [5.74, 6) is -12.7. The third-order valence-corrected chi connectivity index (χ3v) is 11.8. The number of aliphatic hydroxyl groups excluding tert-OH is 3. The van der Waals surface area contributed by atoms with Crippen LogP contribution < -0.4 is 82.3 Å². The van der Waals surface area contributed by atoms with Crippen LogP contribution >= 0.6 is 0 Å². The average molecular weight is 1160 g/mol.